The first-order chi connectivity index (χ1) is 10.0. The lowest BCUT2D eigenvalue weighted by Gasteiger charge is -2.12. The van der Waals surface area contributed by atoms with Crippen LogP contribution in [0.1, 0.15) is 11.1 Å². The molecule has 0 N–H and O–H groups in total. The van der Waals surface area contributed by atoms with Crippen LogP contribution in [0.5, 0.6) is 5.75 Å². The second-order valence-electron chi connectivity index (χ2n) is 4.37. The van der Waals surface area contributed by atoms with Crippen LogP contribution in [0.4, 0.5) is 13.2 Å². The van der Waals surface area contributed by atoms with Gasteiger partial charge in [-0.1, -0.05) is 18.2 Å². The molecule has 21 heavy (non-hydrogen) atoms. The highest BCUT2D eigenvalue weighted by molar-refractivity contribution is 5.30. The lowest BCUT2D eigenvalue weighted by Crippen LogP contribution is -2.11. The van der Waals surface area contributed by atoms with Gasteiger partial charge in [-0.2, -0.15) is 18.3 Å². The molecule has 1 aromatic carbocycles. The van der Waals surface area contributed by atoms with Crippen LogP contribution in [0.25, 0.3) is 0 Å². The van der Waals surface area contributed by atoms with Gasteiger partial charge in [0.25, 0.3) is 0 Å². The van der Waals surface area contributed by atoms with Crippen molar-refractivity contribution in [3.8, 4) is 5.75 Å². The molecule has 0 spiro atoms. The fourth-order valence-electron chi connectivity index (χ4n) is 1.86. The fraction of sp³-hybridized carbons (Fsp3) is 0.357. The Bertz CT molecular complexity index is 582. The summed E-state index contributed by atoms with van der Waals surface area (Å²) < 4.78 is 50.3. The van der Waals surface area contributed by atoms with Crippen molar-refractivity contribution in [1.29, 1.82) is 0 Å². The van der Waals surface area contributed by atoms with Crippen molar-refractivity contribution in [2.45, 2.75) is 12.7 Å². The highest BCUT2D eigenvalue weighted by Gasteiger charge is 2.32. The molecule has 114 valence electrons. The Labute approximate surface area is 120 Å². The molecule has 2 rings (SSSR count). The Morgan fingerprint density at radius 1 is 1.19 bits per heavy atom. The topological polar surface area (TPSA) is 36.3 Å². The first-order valence-corrected chi connectivity index (χ1v) is 6.30. The van der Waals surface area contributed by atoms with Crippen LogP contribution in [-0.2, 0) is 17.5 Å². The van der Waals surface area contributed by atoms with Crippen LogP contribution in [0.2, 0.25) is 0 Å². The van der Waals surface area contributed by atoms with Gasteiger partial charge in [-0.25, -0.2) is 0 Å². The molecule has 0 saturated heterocycles. The molecular weight excluding hydrogens is 285 g/mol. The molecule has 0 unspecified atom stereocenters. The third-order valence-electron chi connectivity index (χ3n) is 2.82. The van der Waals surface area contributed by atoms with E-state index in [0.717, 1.165) is 6.07 Å². The lowest BCUT2D eigenvalue weighted by atomic mass is 10.1. The Kier molecular flexibility index (Phi) is 4.85. The summed E-state index contributed by atoms with van der Waals surface area (Å²) in [6.45, 7) is 0.826. The van der Waals surface area contributed by atoms with Crippen molar-refractivity contribution < 1.29 is 22.6 Å². The van der Waals surface area contributed by atoms with Crippen molar-refractivity contribution in [3.05, 3.63) is 47.8 Å². The minimum atomic E-state index is -4.37. The summed E-state index contributed by atoms with van der Waals surface area (Å²) in [7, 11) is 1.56. The van der Waals surface area contributed by atoms with E-state index in [-0.39, 0.29) is 12.1 Å². The lowest BCUT2D eigenvalue weighted by molar-refractivity contribution is -0.138. The zero-order valence-corrected chi connectivity index (χ0v) is 11.4. The molecule has 2 aromatic rings. The van der Waals surface area contributed by atoms with Crippen LogP contribution in [-0.4, -0.2) is 30.1 Å². The Hall–Kier alpha value is -2.02. The summed E-state index contributed by atoms with van der Waals surface area (Å²) >= 11 is 0. The summed E-state index contributed by atoms with van der Waals surface area (Å²) in [5.41, 5.74) is -0.487. The minimum Gasteiger partial charge on any atom is -0.488 e. The summed E-state index contributed by atoms with van der Waals surface area (Å²) in [6.07, 6.45) is -1.35. The number of alkyl halides is 3. The van der Waals surface area contributed by atoms with Gasteiger partial charge in [-0.3, -0.25) is 4.68 Å². The van der Waals surface area contributed by atoms with Gasteiger partial charge in [-0.15, -0.1) is 0 Å². The summed E-state index contributed by atoms with van der Waals surface area (Å²) in [6, 6.07) is 5.45. The van der Waals surface area contributed by atoms with Crippen LogP contribution in [0, 0.1) is 0 Å². The first-order valence-electron chi connectivity index (χ1n) is 6.30. The number of methoxy groups -OCH3 is 1. The van der Waals surface area contributed by atoms with Gasteiger partial charge in [0.15, 0.2) is 5.75 Å². The van der Waals surface area contributed by atoms with Crippen molar-refractivity contribution in [2.24, 2.45) is 0 Å². The number of ether oxygens (including phenoxy) is 2. The molecule has 0 aliphatic carbocycles. The second-order valence-corrected chi connectivity index (χ2v) is 4.37. The Morgan fingerprint density at radius 3 is 2.67 bits per heavy atom. The van der Waals surface area contributed by atoms with Crippen LogP contribution >= 0.6 is 0 Å². The van der Waals surface area contributed by atoms with Crippen molar-refractivity contribution in [3.63, 3.8) is 0 Å². The normalized spacial score (nSPS) is 11.6. The molecule has 1 aromatic heterocycles. The smallest absolute Gasteiger partial charge is 0.416 e. The van der Waals surface area contributed by atoms with E-state index in [4.69, 9.17) is 9.47 Å². The zero-order chi connectivity index (χ0) is 15.3. The summed E-state index contributed by atoms with van der Waals surface area (Å²) in [4.78, 5) is 0. The molecule has 7 heteroatoms. The van der Waals surface area contributed by atoms with Crippen molar-refractivity contribution in [1.82, 2.24) is 9.78 Å². The number of hydrogen-bond acceptors (Lipinski definition) is 3. The first kappa shape index (κ1) is 15.4. The van der Waals surface area contributed by atoms with E-state index in [1.54, 1.807) is 19.4 Å². The van der Waals surface area contributed by atoms with Gasteiger partial charge in [0.05, 0.1) is 31.1 Å². The Morgan fingerprint density at radius 2 is 1.95 bits per heavy atom. The van der Waals surface area contributed by atoms with E-state index in [2.05, 4.69) is 5.10 Å². The molecule has 0 saturated carbocycles. The average molecular weight is 300 g/mol. The molecule has 0 aliphatic rings. The largest absolute Gasteiger partial charge is 0.488 e. The second kappa shape index (κ2) is 6.62. The molecule has 0 amide bonds. The highest BCUT2D eigenvalue weighted by atomic mass is 19.4. The van der Waals surface area contributed by atoms with Crippen LogP contribution < -0.4 is 4.74 Å². The molecule has 0 atom stereocenters. The molecular formula is C14H15F3N2O2. The number of rotatable bonds is 6. The van der Waals surface area contributed by atoms with E-state index in [9.17, 15) is 13.2 Å². The predicted molar refractivity (Wildman–Crippen MR) is 70.1 cm³/mol. The molecule has 4 nitrogen and oxygen atoms in total. The standard InChI is InChI=1S/C14H15F3N2O2/c1-20-6-7-21-12-8-18-19(10-12)9-11-4-2-3-5-13(11)14(15,16)17/h2-5,8,10H,6-7,9H2,1H3. The minimum absolute atomic E-state index is 0.0311. The van der Waals surface area contributed by atoms with Crippen molar-refractivity contribution in [2.75, 3.05) is 20.3 Å². The van der Waals surface area contributed by atoms with Gasteiger partial charge in [0, 0.05) is 7.11 Å². The molecule has 0 bridgehead atoms. The number of nitrogens with zero attached hydrogens (tertiary/aromatic N) is 2. The number of aromatic nitrogens is 2. The van der Waals surface area contributed by atoms with E-state index in [1.165, 1.54) is 23.0 Å². The zero-order valence-electron chi connectivity index (χ0n) is 11.4. The van der Waals surface area contributed by atoms with Crippen molar-refractivity contribution >= 4 is 0 Å². The van der Waals surface area contributed by atoms with E-state index >= 15 is 0 Å². The summed E-state index contributed by atoms with van der Waals surface area (Å²) in [5, 5.41) is 4.00. The van der Waals surface area contributed by atoms with Gasteiger partial charge in [-0.05, 0) is 11.6 Å². The van der Waals surface area contributed by atoms with E-state index in [0.29, 0.717) is 19.0 Å². The number of hydrogen-bond donors (Lipinski definition) is 0. The van der Waals surface area contributed by atoms with Gasteiger partial charge in [0.1, 0.15) is 6.61 Å². The van der Waals surface area contributed by atoms with E-state index in [1.807, 2.05) is 0 Å². The molecule has 1 heterocycles. The highest BCUT2D eigenvalue weighted by Crippen LogP contribution is 2.32. The van der Waals surface area contributed by atoms with Gasteiger partial charge < -0.3 is 9.47 Å². The fourth-order valence-corrected chi connectivity index (χ4v) is 1.86. The monoisotopic (exact) mass is 300 g/mol. The summed E-state index contributed by atoms with van der Waals surface area (Å²) in [5.74, 6) is 0.497. The quantitative estimate of drug-likeness (QED) is 0.770. The molecule has 0 aliphatic heterocycles. The SMILES string of the molecule is COCCOc1cnn(Cc2ccccc2C(F)(F)F)c1. The van der Waals surface area contributed by atoms with Crippen LogP contribution in [0.15, 0.2) is 36.7 Å². The number of benzene rings is 1. The maximum atomic E-state index is 12.9. The average Bonchev–Trinajstić information content (AvgIpc) is 2.86. The molecule has 0 radical (unpaired) electrons. The Balaban J connectivity index is 2.09. The third kappa shape index (κ3) is 4.22. The van der Waals surface area contributed by atoms with Crippen LogP contribution in [0.3, 0.4) is 0 Å². The molecule has 0 fully saturated rings. The maximum Gasteiger partial charge on any atom is 0.416 e. The van der Waals surface area contributed by atoms with Gasteiger partial charge in [0.2, 0.25) is 0 Å². The maximum absolute atomic E-state index is 12.9. The van der Waals surface area contributed by atoms with Gasteiger partial charge >= 0.3 is 6.18 Å². The number of halogens is 3. The predicted octanol–water partition coefficient (Wildman–Crippen LogP) is 2.98. The third-order valence-corrected chi connectivity index (χ3v) is 2.82. The van der Waals surface area contributed by atoms with E-state index < -0.39 is 11.7 Å².